The number of carbonyl (C=O) groups excluding carboxylic acids is 1. The minimum atomic E-state index is 0.203. The molecule has 0 saturated carbocycles. The van der Waals surface area contributed by atoms with E-state index in [1.165, 1.54) is 16.7 Å². The molecule has 0 aliphatic carbocycles. The molecule has 21 heavy (non-hydrogen) atoms. The lowest BCUT2D eigenvalue weighted by Gasteiger charge is -2.23. The highest BCUT2D eigenvalue weighted by molar-refractivity contribution is 5.78. The summed E-state index contributed by atoms with van der Waals surface area (Å²) in [5.74, 6) is 0.203. The third-order valence-corrected chi connectivity index (χ3v) is 4.29. The molecule has 0 radical (unpaired) electrons. The molecule has 0 spiro atoms. The van der Waals surface area contributed by atoms with Crippen molar-refractivity contribution in [2.45, 2.75) is 46.0 Å². The number of hydrogen-bond acceptors (Lipinski definition) is 1. The van der Waals surface area contributed by atoms with Gasteiger partial charge in [-0.25, -0.2) is 0 Å². The molecule has 110 valence electrons. The van der Waals surface area contributed by atoms with Gasteiger partial charge in [-0.1, -0.05) is 69.3 Å². The monoisotopic (exact) mass is 280 g/mol. The number of hydrogen-bond donors (Lipinski definition) is 0. The van der Waals surface area contributed by atoms with Crippen LogP contribution in [0.1, 0.15) is 45.2 Å². The van der Waals surface area contributed by atoms with Gasteiger partial charge in [-0.3, -0.25) is 4.79 Å². The minimum absolute atomic E-state index is 0.203. The zero-order chi connectivity index (χ0) is 15.5. The summed E-state index contributed by atoms with van der Waals surface area (Å²) in [7, 11) is 0. The van der Waals surface area contributed by atoms with Crippen LogP contribution in [0.25, 0.3) is 11.1 Å². The molecule has 0 fully saturated rings. The lowest BCUT2D eigenvalue weighted by molar-refractivity contribution is -0.116. The molecule has 0 aliphatic rings. The maximum Gasteiger partial charge on any atom is 0.134 e. The van der Waals surface area contributed by atoms with Gasteiger partial charge in [0, 0.05) is 6.42 Å². The first-order chi connectivity index (χ1) is 9.92. The lowest BCUT2D eigenvalue weighted by atomic mass is 9.82. The van der Waals surface area contributed by atoms with Crippen molar-refractivity contribution in [1.82, 2.24) is 0 Å². The van der Waals surface area contributed by atoms with E-state index in [0.29, 0.717) is 6.42 Å². The average molecular weight is 280 g/mol. The second kappa shape index (κ2) is 6.26. The topological polar surface area (TPSA) is 17.1 Å². The van der Waals surface area contributed by atoms with Crippen LogP contribution in [-0.2, 0) is 16.6 Å². The van der Waals surface area contributed by atoms with E-state index < -0.39 is 0 Å². The van der Waals surface area contributed by atoms with Crippen molar-refractivity contribution >= 4 is 5.78 Å². The Balaban J connectivity index is 2.21. The van der Waals surface area contributed by atoms with Crippen molar-refractivity contribution in [1.29, 1.82) is 0 Å². The standard InChI is InChI=1S/C20H24O/c1-5-20(3,4)19-12-10-18(11-13-19)17-8-6-16(7-9-17)14-15(2)21/h6-13H,5,14H2,1-4H3. The van der Waals surface area contributed by atoms with Crippen LogP contribution in [0.15, 0.2) is 48.5 Å². The highest BCUT2D eigenvalue weighted by Crippen LogP contribution is 2.29. The van der Waals surface area contributed by atoms with E-state index in [0.717, 1.165) is 12.0 Å². The quantitative estimate of drug-likeness (QED) is 0.738. The van der Waals surface area contributed by atoms with E-state index in [4.69, 9.17) is 0 Å². The predicted octanol–water partition coefficient (Wildman–Crippen LogP) is 5.17. The minimum Gasteiger partial charge on any atom is -0.300 e. The van der Waals surface area contributed by atoms with Crippen LogP contribution in [0.2, 0.25) is 0 Å². The van der Waals surface area contributed by atoms with Crippen LogP contribution < -0.4 is 0 Å². The van der Waals surface area contributed by atoms with Gasteiger partial charge in [0.05, 0.1) is 0 Å². The zero-order valence-corrected chi connectivity index (χ0v) is 13.4. The number of ketones is 1. The van der Waals surface area contributed by atoms with Crippen LogP contribution in [0.4, 0.5) is 0 Å². The van der Waals surface area contributed by atoms with Gasteiger partial charge >= 0.3 is 0 Å². The van der Waals surface area contributed by atoms with Crippen molar-refractivity contribution in [3.05, 3.63) is 59.7 Å². The van der Waals surface area contributed by atoms with E-state index >= 15 is 0 Å². The van der Waals surface area contributed by atoms with E-state index in [1.54, 1.807) is 6.92 Å². The molecule has 2 aromatic carbocycles. The van der Waals surface area contributed by atoms with E-state index in [9.17, 15) is 4.79 Å². The molecule has 0 amide bonds. The molecule has 0 unspecified atom stereocenters. The third-order valence-electron chi connectivity index (χ3n) is 4.29. The Bertz CT molecular complexity index is 603. The Kier molecular flexibility index (Phi) is 4.62. The predicted molar refractivity (Wildman–Crippen MR) is 89.6 cm³/mol. The van der Waals surface area contributed by atoms with Gasteiger partial charge < -0.3 is 0 Å². The molecule has 0 aliphatic heterocycles. The van der Waals surface area contributed by atoms with Gasteiger partial charge in [0.1, 0.15) is 5.78 Å². The van der Waals surface area contributed by atoms with Gasteiger partial charge in [0.25, 0.3) is 0 Å². The summed E-state index contributed by atoms with van der Waals surface area (Å²) in [5, 5.41) is 0. The van der Waals surface area contributed by atoms with E-state index in [-0.39, 0.29) is 11.2 Å². The molecule has 1 nitrogen and oxygen atoms in total. The summed E-state index contributed by atoms with van der Waals surface area (Å²) in [6.45, 7) is 8.40. The molecule has 2 aromatic rings. The first kappa shape index (κ1) is 15.5. The summed E-state index contributed by atoms with van der Waals surface area (Å²) in [4.78, 5) is 11.1. The fourth-order valence-corrected chi connectivity index (χ4v) is 2.42. The smallest absolute Gasteiger partial charge is 0.134 e. The van der Waals surface area contributed by atoms with Crippen molar-refractivity contribution in [2.75, 3.05) is 0 Å². The third kappa shape index (κ3) is 3.81. The van der Waals surface area contributed by atoms with Crippen LogP contribution >= 0.6 is 0 Å². The Morgan fingerprint density at radius 2 is 1.38 bits per heavy atom. The summed E-state index contributed by atoms with van der Waals surface area (Å²) in [6.07, 6.45) is 1.65. The first-order valence-corrected chi connectivity index (χ1v) is 7.61. The second-order valence-corrected chi connectivity index (χ2v) is 6.39. The first-order valence-electron chi connectivity index (χ1n) is 7.61. The normalized spacial score (nSPS) is 11.4. The Hall–Kier alpha value is -1.89. The summed E-state index contributed by atoms with van der Waals surface area (Å²) >= 11 is 0. The van der Waals surface area contributed by atoms with Gasteiger partial charge in [0.15, 0.2) is 0 Å². The van der Waals surface area contributed by atoms with E-state index in [1.807, 2.05) is 12.1 Å². The second-order valence-electron chi connectivity index (χ2n) is 6.39. The Morgan fingerprint density at radius 1 is 0.905 bits per heavy atom. The van der Waals surface area contributed by atoms with Crippen LogP contribution in [0, 0.1) is 0 Å². The fraction of sp³-hybridized carbons (Fsp3) is 0.350. The molecule has 0 N–H and O–H groups in total. The largest absolute Gasteiger partial charge is 0.300 e. The van der Waals surface area contributed by atoms with Gasteiger partial charge in [0.2, 0.25) is 0 Å². The van der Waals surface area contributed by atoms with Crippen LogP contribution in [-0.4, -0.2) is 5.78 Å². The SMILES string of the molecule is CCC(C)(C)c1ccc(-c2ccc(CC(C)=O)cc2)cc1. The maximum absolute atomic E-state index is 11.1. The Labute approximate surface area is 128 Å². The number of benzene rings is 2. The van der Waals surface area contributed by atoms with Crippen molar-refractivity contribution < 1.29 is 4.79 Å². The summed E-state index contributed by atoms with van der Waals surface area (Å²) in [6, 6.07) is 17.1. The summed E-state index contributed by atoms with van der Waals surface area (Å²) in [5.41, 5.74) is 5.10. The van der Waals surface area contributed by atoms with Crippen molar-refractivity contribution in [3.8, 4) is 11.1 Å². The number of rotatable bonds is 5. The van der Waals surface area contributed by atoms with Crippen molar-refractivity contribution in [3.63, 3.8) is 0 Å². The fourth-order valence-electron chi connectivity index (χ4n) is 2.42. The Morgan fingerprint density at radius 3 is 1.81 bits per heavy atom. The highest BCUT2D eigenvalue weighted by Gasteiger charge is 2.17. The van der Waals surface area contributed by atoms with Gasteiger partial charge in [-0.15, -0.1) is 0 Å². The highest BCUT2D eigenvalue weighted by atomic mass is 16.1. The van der Waals surface area contributed by atoms with Crippen LogP contribution in [0.5, 0.6) is 0 Å². The molecule has 0 saturated heterocycles. The molecule has 0 atom stereocenters. The number of Topliss-reactive ketones (excluding diaryl/α,β-unsaturated/α-hetero) is 1. The molecular formula is C20H24O. The van der Waals surface area contributed by atoms with Gasteiger partial charge in [-0.2, -0.15) is 0 Å². The molecule has 1 heteroatoms. The lowest BCUT2D eigenvalue weighted by Crippen LogP contribution is -2.14. The van der Waals surface area contributed by atoms with Crippen molar-refractivity contribution in [2.24, 2.45) is 0 Å². The molecular weight excluding hydrogens is 256 g/mol. The van der Waals surface area contributed by atoms with Crippen LogP contribution in [0.3, 0.4) is 0 Å². The average Bonchev–Trinajstić information content (AvgIpc) is 2.47. The molecule has 2 rings (SSSR count). The maximum atomic E-state index is 11.1. The molecule has 0 bridgehead atoms. The molecule has 0 aromatic heterocycles. The summed E-state index contributed by atoms with van der Waals surface area (Å²) < 4.78 is 0. The molecule has 0 heterocycles. The number of carbonyl (C=O) groups is 1. The van der Waals surface area contributed by atoms with Gasteiger partial charge in [-0.05, 0) is 41.0 Å². The zero-order valence-electron chi connectivity index (χ0n) is 13.4. The van der Waals surface area contributed by atoms with E-state index in [2.05, 4.69) is 57.2 Å².